The molecule has 3 rings (SSSR count). The van der Waals surface area contributed by atoms with Gasteiger partial charge in [0, 0.05) is 11.6 Å². The molecule has 75 valence electrons. The molecule has 1 saturated carbocycles. The highest BCUT2D eigenvalue weighted by Gasteiger charge is 2.29. The molecule has 0 unspecified atom stereocenters. The molecule has 2 aliphatic rings. The lowest BCUT2D eigenvalue weighted by molar-refractivity contribution is -0.117. The molecule has 0 saturated heterocycles. The molecule has 4 heteroatoms. The fourth-order valence-electron chi connectivity index (χ4n) is 1.72. The van der Waals surface area contributed by atoms with E-state index < -0.39 is 0 Å². The van der Waals surface area contributed by atoms with E-state index in [-0.39, 0.29) is 11.8 Å². The number of hydrogen-bond donors (Lipinski definition) is 1. The van der Waals surface area contributed by atoms with Crippen molar-refractivity contribution in [3.8, 4) is 0 Å². The van der Waals surface area contributed by atoms with Crippen molar-refractivity contribution in [3.05, 3.63) is 23.8 Å². The second-order valence-electron chi connectivity index (χ2n) is 4.11. The summed E-state index contributed by atoms with van der Waals surface area (Å²) in [4.78, 5) is 11.5. The first-order chi connectivity index (χ1) is 7.33. The lowest BCUT2D eigenvalue weighted by atomic mass is 9.87. The van der Waals surface area contributed by atoms with E-state index in [1.54, 1.807) is 7.48 Å². The summed E-state index contributed by atoms with van der Waals surface area (Å²) in [7, 11) is 1.74. The predicted molar refractivity (Wildman–Crippen MR) is 58.0 cm³/mol. The van der Waals surface area contributed by atoms with Crippen LogP contribution >= 0.6 is 0 Å². The summed E-state index contributed by atoms with van der Waals surface area (Å²) in [5.74, 6) is 0.396. The monoisotopic (exact) mass is 200 g/mol. The highest BCUT2D eigenvalue weighted by molar-refractivity contribution is 6.49. The first-order valence-electron chi connectivity index (χ1n) is 5.21. The van der Waals surface area contributed by atoms with Gasteiger partial charge in [-0.25, -0.2) is 0 Å². The largest absolute Gasteiger partial charge is 0.430 e. The van der Waals surface area contributed by atoms with E-state index in [4.69, 9.17) is 4.65 Å². The first-order valence-corrected chi connectivity index (χ1v) is 5.21. The number of carbonyl (C=O) groups is 1. The van der Waals surface area contributed by atoms with Gasteiger partial charge < -0.3 is 9.97 Å². The van der Waals surface area contributed by atoms with Crippen molar-refractivity contribution in [3.63, 3.8) is 0 Å². The van der Waals surface area contributed by atoms with Gasteiger partial charge in [-0.2, -0.15) is 0 Å². The Kier molecular flexibility index (Phi) is 2.02. The molecule has 1 N–H and O–H groups in total. The molecule has 1 aliphatic carbocycles. The molecule has 1 aromatic carbocycles. The topological polar surface area (TPSA) is 38.3 Å². The summed E-state index contributed by atoms with van der Waals surface area (Å²) < 4.78 is 5.20. The molecule has 1 radical (unpaired) electrons. The molecule has 1 heterocycles. The second-order valence-corrected chi connectivity index (χ2v) is 4.11. The Bertz CT molecular complexity index is 415. The van der Waals surface area contributed by atoms with Crippen molar-refractivity contribution in [1.82, 2.24) is 0 Å². The van der Waals surface area contributed by atoms with Crippen LogP contribution in [0.25, 0.3) is 0 Å². The molecule has 0 aromatic heterocycles. The van der Waals surface area contributed by atoms with Crippen molar-refractivity contribution in [2.45, 2.75) is 19.4 Å². The van der Waals surface area contributed by atoms with Gasteiger partial charge in [-0.1, -0.05) is 6.07 Å². The predicted octanol–water partition coefficient (Wildman–Crippen LogP) is 0.810. The number of benzene rings is 1. The molecule has 1 amide bonds. The van der Waals surface area contributed by atoms with Gasteiger partial charge in [-0.15, -0.1) is 0 Å². The fourth-order valence-corrected chi connectivity index (χ4v) is 1.72. The summed E-state index contributed by atoms with van der Waals surface area (Å²) in [6, 6.07) is 5.89. The Labute approximate surface area is 89.1 Å². The van der Waals surface area contributed by atoms with Gasteiger partial charge in [0.2, 0.25) is 5.91 Å². The third-order valence-electron chi connectivity index (χ3n) is 2.81. The number of rotatable bonds is 2. The van der Waals surface area contributed by atoms with Crippen molar-refractivity contribution >= 4 is 24.5 Å². The molecule has 0 atom stereocenters. The maximum absolute atomic E-state index is 11.5. The zero-order valence-corrected chi connectivity index (χ0v) is 8.32. The molecule has 15 heavy (non-hydrogen) atoms. The summed E-state index contributed by atoms with van der Waals surface area (Å²) in [5.41, 5.74) is 3.12. The van der Waals surface area contributed by atoms with Gasteiger partial charge >= 0.3 is 7.48 Å². The molecule has 0 spiro atoms. The zero-order valence-electron chi connectivity index (χ0n) is 8.32. The summed E-state index contributed by atoms with van der Waals surface area (Å²) in [5, 5.41) is 2.92. The SMILES string of the molecule is O=C(Nc1ccc2c(c1)[B]OC2)C1CC1. The lowest BCUT2D eigenvalue weighted by Gasteiger charge is -2.05. The molecular formula is C11H11BNO2. The quantitative estimate of drug-likeness (QED) is 0.717. The van der Waals surface area contributed by atoms with E-state index >= 15 is 0 Å². The number of anilines is 1. The molecule has 1 fully saturated rings. The van der Waals surface area contributed by atoms with Crippen molar-refractivity contribution in [1.29, 1.82) is 0 Å². The van der Waals surface area contributed by atoms with Crippen molar-refractivity contribution in [2.24, 2.45) is 5.92 Å². The van der Waals surface area contributed by atoms with Gasteiger partial charge in [0.25, 0.3) is 0 Å². The van der Waals surface area contributed by atoms with Gasteiger partial charge in [-0.3, -0.25) is 4.79 Å². The van der Waals surface area contributed by atoms with Crippen molar-refractivity contribution in [2.75, 3.05) is 5.32 Å². The lowest BCUT2D eigenvalue weighted by Crippen LogP contribution is -2.17. The smallest absolute Gasteiger partial charge is 0.330 e. The highest BCUT2D eigenvalue weighted by atomic mass is 16.4. The van der Waals surface area contributed by atoms with Crippen LogP contribution in [0, 0.1) is 5.92 Å². The van der Waals surface area contributed by atoms with Crippen LogP contribution in [0.3, 0.4) is 0 Å². The average Bonchev–Trinajstić information content (AvgIpc) is 2.98. The van der Waals surface area contributed by atoms with Crippen LogP contribution in [0.1, 0.15) is 18.4 Å². The molecular weight excluding hydrogens is 189 g/mol. The fraction of sp³-hybridized carbons (Fsp3) is 0.364. The van der Waals surface area contributed by atoms with Crippen LogP contribution in [0.15, 0.2) is 18.2 Å². The Balaban J connectivity index is 1.77. The standard InChI is InChI=1S/C11H11BNO2/c14-11(7-1-2-7)13-9-4-3-8-6-15-12-10(8)5-9/h3-5,7H,1-2,6H2,(H,13,14). The maximum Gasteiger partial charge on any atom is 0.330 e. The normalized spacial score (nSPS) is 18.1. The van der Waals surface area contributed by atoms with Gasteiger partial charge in [0.05, 0.1) is 6.61 Å². The third kappa shape index (κ3) is 1.77. The van der Waals surface area contributed by atoms with Gasteiger partial charge in [0.15, 0.2) is 0 Å². The summed E-state index contributed by atoms with van der Waals surface area (Å²) >= 11 is 0. The van der Waals surface area contributed by atoms with E-state index in [9.17, 15) is 4.79 Å². The number of fused-ring (bicyclic) bond motifs is 1. The van der Waals surface area contributed by atoms with Crippen LogP contribution < -0.4 is 10.8 Å². The minimum atomic E-state index is 0.147. The number of amides is 1. The van der Waals surface area contributed by atoms with Crippen LogP contribution in [-0.2, 0) is 16.1 Å². The van der Waals surface area contributed by atoms with E-state index in [2.05, 4.69) is 5.32 Å². The van der Waals surface area contributed by atoms with Crippen LogP contribution in [-0.4, -0.2) is 13.4 Å². The summed E-state index contributed by atoms with van der Waals surface area (Å²) in [6.45, 7) is 0.645. The first kappa shape index (κ1) is 8.98. The van der Waals surface area contributed by atoms with Crippen LogP contribution in [0.2, 0.25) is 0 Å². The van der Waals surface area contributed by atoms with E-state index in [1.165, 1.54) is 5.56 Å². The van der Waals surface area contributed by atoms with Gasteiger partial charge in [-0.05, 0) is 36.0 Å². The zero-order chi connectivity index (χ0) is 10.3. The molecule has 3 nitrogen and oxygen atoms in total. The Morgan fingerprint density at radius 1 is 1.47 bits per heavy atom. The third-order valence-corrected chi connectivity index (χ3v) is 2.81. The Hall–Kier alpha value is -1.29. The van der Waals surface area contributed by atoms with Crippen LogP contribution in [0.4, 0.5) is 5.69 Å². The second kappa shape index (κ2) is 3.38. The minimum Gasteiger partial charge on any atom is -0.430 e. The van der Waals surface area contributed by atoms with Crippen LogP contribution in [0.5, 0.6) is 0 Å². The summed E-state index contributed by atoms with van der Waals surface area (Å²) in [6.07, 6.45) is 2.07. The van der Waals surface area contributed by atoms with E-state index in [0.717, 1.165) is 24.0 Å². The van der Waals surface area contributed by atoms with E-state index in [1.807, 2.05) is 18.2 Å². The highest BCUT2D eigenvalue weighted by Crippen LogP contribution is 2.30. The molecule has 0 bridgehead atoms. The molecule has 1 aliphatic heterocycles. The maximum atomic E-state index is 11.5. The van der Waals surface area contributed by atoms with E-state index in [0.29, 0.717) is 6.61 Å². The Morgan fingerprint density at radius 2 is 2.33 bits per heavy atom. The minimum absolute atomic E-state index is 0.147. The van der Waals surface area contributed by atoms with Crippen molar-refractivity contribution < 1.29 is 9.45 Å². The Morgan fingerprint density at radius 3 is 3.13 bits per heavy atom. The number of hydrogen-bond acceptors (Lipinski definition) is 2. The van der Waals surface area contributed by atoms with Gasteiger partial charge in [0.1, 0.15) is 0 Å². The average molecular weight is 200 g/mol. The number of carbonyl (C=O) groups excluding carboxylic acids is 1. The number of nitrogens with one attached hydrogen (secondary N) is 1. The molecule has 1 aromatic rings.